The number of carbonyl (C=O) groups is 1. The highest BCUT2D eigenvalue weighted by atomic mass is 19.1. The van der Waals surface area contributed by atoms with E-state index in [1.54, 1.807) is 0 Å². The number of hydrogen-bond donors (Lipinski definition) is 2. The minimum atomic E-state index is -1.03. The molecule has 1 aromatic carbocycles. The van der Waals surface area contributed by atoms with Gasteiger partial charge in [0.15, 0.2) is 0 Å². The maximum atomic E-state index is 13.1. The van der Waals surface area contributed by atoms with Crippen molar-refractivity contribution in [1.82, 2.24) is 0 Å². The van der Waals surface area contributed by atoms with Crippen LogP contribution in [0.1, 0.15) is 12.0 Å². The van der Waals surface area contributed by atoms with Gasteiger partial charge in [0.25, 0.3) is 0 Å². The number of benzene rings is 1. The molecule has 15 heavy (non-hydrogen) atoms. The van der Waals surface area contributed by atoms with E-state index < -0.39 is 17.6 Å². The van der Waals surface area contributed by atoms with Gasteiger partial charge in [0.1, 0.15) is 11.6 Å². The highest BCUT2D eigenvalue weighted by molar-refractivity contribution is 5.72. The number of nitrogens with two attached hydrogens (primary N) is 1. The van der Waals surface area contributed by atoms with Crippen LogP contribution in [0.4, 0.5) is 14.5 Å². The number of hydrogen-bond acceptors (Lipinski definition) is 2. The van der Waals surface area contributed by atoms with Crippen LogP contribution in [0.25, 0.3) is 6.08 Å². The summed E-state index contributed by atoms with van der Waals surface area (Å²) in [5.41, 5.74) is 5.30. The first-order valence-electron chi connectivity index (χ1n) is 4.13. The average molecular weight is 213 g/mol. The Morgan fingerprint density at radius 3 is 2.67 bits per heavy atom. The third-order valence-electron chi connectivity index (χ3n) is 1.70. The maximum absolute atomic E-state index is 13.1. The van der Waals surface area contributed by atoms with Gasteiger partial charge in [-0.05, 0) is 6.07 Å². The van der Waals surface area contributed by atoms with Crippen LogP contribution < -0.4 is 5.73 Å². The first-order valence-corrected chi connectivity index (χ1v) is 4.13. The lowest BCUT2D eigenvalue weighted by Crippen LogP contribution is -1.95. The smallest absolute Gasteiger partial charge is 0.307 e. The number of rotatable bonds is 3. The summed E-state index contributed by atoms with van der Waals surface area (Å²) in [6.45, 7) is 0. The van der Waals surface area contributed by atoms with Crippen molar-refractivity contribution >= 4 is 17.7 Å². The van der Waals surface area contributed by atoms with Crippen molar-refractivity contribution in [1.29, 1.82) is 0 Å². The molecule has 3 N–H and O–H groups in total. The molecule has 0 heterocycles. The van der Waals surface area contributed by atoms with Crippen LogP contribution in [0.3, 0.4) is 0 Å². The van der Waals surface area contributed by atoms with E-state index in [2.05, 4.69) is 0 Å². The second-order valence-corrected chi connectivity index (χ2v) is 2.89. The summed E-state index contributed by atoms with van der Waals surface area (Å²) in [6.07, 6.45) is 2.23. The van der Waals surface area contributed by atoms with E-state index in [0.717, 1.165) is 6.07 Å². The molecule has 0 atom stereocenters. The molecular formula is C10H9F2NO2. The van der Waals surface area contributed by atoms with Crippen LogP contribution in [-0.2, 0) is 4.79 Å². The lowest BCUT2D eigenvalue weighted by molar-refractivity contribution is -0.135. The Kier molecular flexibility index (Phi) is 3.38. The van der Waals surface area contributed by atoms with E-state index in [1.807, 2.05) is 0 Å². The Morgan fingerprint density at radius 1 is 1.47 bits per heavy atom. The Bertz CT molecular complexity index is 393. The largest absolute Gasteiger partial charge is 0.481 e. The Labute approximate surface area is 84.8 Å². The van der Waals surface area contributed by atoms with Gasteiger partial charge in [0, 0.05) is 17.3 Å². The molecule has 0 aliphatic carbocycles. The van der Waals surface area contributed by atoms with Gasteiger partial charge in [0.05, 0.1) is 6.42 Å². The molecule has 0 unspecified atom stereocenters. The number of anilines is 1. The number of aliphatic carboxylic acids is 1. The molecule has 0 aliphatic rings. The van der Waals surface area contributed by atoms with E-state index in [-0.39, 0.29) is 17.7 Å². The molecule has 3 nitrogen and oxygen atoms in total. The van der Waals surface area contributed by atoms with Crippen LogP contribution in [0.15, 0.2) is 18.2 Å². The molecule has 0 aliphatic heterocycles. The van der Waals surface area contributed by atoms with Crippen molar-refractivity contribution in [2.24, 2.45) is 0 Å². The second-order valence-electron chi connectivity index (χ2n) is 2.89. The quantitative estimate of drug-likeness (QED) is 0.755. The van der Waals surface area contributed by atoms with Crippen molar-refractivity contribution in [3.8, 4) is 0 Å². The summed E-state index contributed by atoms with van der Waals surface area (Å²) in [5.74, 6) is -2.61. The first-order chi connectivity index (χ1) is 7.00. The Balaban J connectivity index is 2.94. The van der Waals surface area contributed by atoms with Gasteiger partial charge in [-0.2, -0.15) is 0 Å². The summed E-state index contributed by atoms with van der Waals surface area (Å²) in [4.78, 5) is 10.2. The lowest BCUT2D eigenvalue weighted by Gasteiger charge is -2.01. The molecule has 0 fully saturated rings. The molecule has 0 amide bonds. The zero-order chi connectivity index (χ0) is 11.4. The third kappa shape index (κ3) is 3.05. The van der Waals surface area contributed by atoms with Crippen molar-refractivity contribution in [3.05, 3.63) is 35.4 Å². The van der Waals surface area contributed by atoms with Gasteiger partial charge in [-0.25, -0.2) is 8.78 Å². The predicted molar refractivity (Wildman–Crippen MR) is 52.1 cm³/mol. The third-order valence-corrected chi connectivity index (χ3v) is 1.70. The molecule has 5 heteroatoms. The molecule has 0 saturated heterocycles. The highest BCUT2D eigenvalue weighted by Gasteiger charge is 2.05. The first kappa shape index (κ1) is 11.2. The summed E-state index contributed by atoms with van der Waals surface area (Å²) >= 11 is 0. The van der Waals surface area contributed by atoms with E-state index in [9.17, 15) is 13.6 Å². The molecule has 0 aromatic heterocycles. The van der Waals surface area contributed by atoms with Crippen molar-refractivity contribution in [2.45, 2.75) is 6.42 Å². The fourth-order valence-corrected chi connectivity index (χ4v) is 1.06. The average Bonchev–Trinajstić information content (AvgIpc) is 2.08. The lowest BCUT2D eigenvalue weighted by atomic mass is 10.1. The predicted octanol–water partition coefficient (Wildman–Crippen LogP) is 2.03. The molecule has 0 saturated carbocycles. The highest BCUT2D eigenvalue weighted by Crippen LogP contribution is 2.19. The second kappa shape index (κ2) is 4.54. The fourth-order valence-electron chi connectivity index (χ4n) is 1.06. The van der Waals surface area contributed by atoms with Gasteiger partial charge >= 0.3 is 5.97 Å². The summed E-state index contributed by atoms with van der Waals surface area (Å²) in [6, 6.07) is 1.67. The van der Waals surface area contributed by atoms with Crippen molar-refractivity contribution in [3.63, 3.8) is 0 Å². The van der Waals surface area contributed by atoms with Gasteiger partial charge in [-0.15, -0.1) is 0 Å². The Morgan fingerprint density at radius 2 is 2.13 bits per heavy atom. The molecule has 1 rings (SSSR count). The van der Waals surface area contributed by atoms with Crippen LogP contribution in [0.2, 0.25) is 0 Å². The number of nitrogen functional groups attached to an aromatic ring is 1. The molecule has 0 bridgehead atoms. The summed E-state index contributed by atoms with van der Waals surface area (Å²) < 4.78 is 25.7. The van der Waals surface area contributed by atoms with Crippen LogP contribution in [-0.4, -0.2) is 11.1 Å². The zero-order valence-electron chi connectivity index (χ0n) is 7.71. The molecule has 1 aromatic rings. The minimum Gasteiger partial charge on any atom is -0.481 e. The summed E-state index contributed by atoms with van der Waals surface area (Å²) in [5, 5.41) is 8.34. The zero-order valence-corrected chi connectivity index (χ0v) is 7.71. The molecule has 80 valence electrons. The maximum Gasteiger partial charge on any atom is 0.307 e. The molecular weight excluding hydrogens is 204 g/mol. The van der Waals surface area contributed by atoms with E-state index in [4.69, 9.17) is 10.8 Å². The minimum absolute atomic E-state index is 0.00218. The van der Waals surface area contributed by atoms with Gasteiger partial charge in [-0.3, -0.25) is 4.79 Å². The Hall–Kier alpha value is -1.91. The van der Waals surface area contributed by atoms with Crippen molar-refractivity contribution in [2.75, 3.05) is 5.73 Å². The topological polar surface area (TPSA) is 63.3 Å². The standard InChI is InChI=1S/C10H9F2NO2/c11-6-4-8(12)7(9(13)5-6)2-1-3-10(14)15/h1-2,4-5H,3,13H2,(H,14,15). The summed E-state index contributed by atoms with van der Waals surface area (Å²) in [7, 11) is 0. The fraction of sp³-hybridized carbons (Fsp3) is 0.100. The van der Waals surface area contributed by atoms with Crippen LogP contribution >= 0.6 is 0 Å². The molecule has 0 spiro atoms. The van der Waals surface area contributed by atoms with Crippen LogP contribution in [0.5, 0.6) is 0 Å². The van der Waals surface area contributed by atoms with Gasteiger partial charge in [-0.1, -0.05) is 12.2 Å². The number of halogens is 2. The van der Waals surface area contributed by atoms with E-state index in [0.29, 0.717) is 6.07 Å². The number of carboxylic acid groups (broad SMARTS) is 1. The monoisotopic (exact) mass is 213 g/mol. The number of carboxylic acids is 1. The van der Waals surface area contributed by atoms with Gasteiger partial charge in [0.2, 0.25) is 0 Å². The normalized spacial score (nSPS) is 10.8. The SMILES string of the molecule is Nc1cc(F)cc(F)c1C=CCC(=O)O. The molecule has 0 radical (unpaired) electrons. The van der Waals surface area contributed by atoms with Gasteiger partial charge < -0.3 is 10.8 Å². The van der Waals surface area contributed by atoms with E-state index >= 15 is 0 Å². The van der Waals surface area contributed by atoms with Crippen molar-refractivity contribution < 1.29 is 18.7 Å². The van der Waals surface area contributed by atoms with E-state index in [1.165, 1.54) is 12.2 Å². The van der Waals surface area contributed by atoms with Crippen LogP contribution in [0, 0.1) is 11.6 Å².